The van der Waals surface area contributed by atoms with Crippen LogP contribution < -0.4 is 5.32 Å². The summed E-state index contributed by atoms with van der Waals surface area (Å²) in [5.74, 6) is -1.02. The minimum atomic E-state index is -1.14. The minimum absolute atomic E-state index is 0.121. The maximum atomic E-state index is 13.4. The van der Waals surface area contributed by atoms with Gasteiger partial charge in [-0.15, -0.1) is 0 Å². The van der Waals surface area contributed by atoms with Crippen molar-refractivity contribution in [3.63, 3.8) is 0 Å². The highest BCUT2D eigenvalue weighted by atomic mass is 35.5. The van der Waals surface area contributed by atoms with Gasteiger partial charge in [-0.2, -0.15) is 0 Å². The van der Waals surface area contributed by atoms with Gasteiger partial charge in [-0.1, -0.05) is 41.4 Å². The highest BCUT2D eigenvalue weighted by molar-refractivity contribution is 6.41. The summed E-state index contributed by atoms with van der Waals surface area (Å²) >= 11 is 11.4. The smallest absolute Gasteiger partial charge is 0.267 e. The topological polar surface area (TPSA) is 65.1 Å². The highest BCUT2D eigenvalue weighted by Gasteiger charge is 2.15. The van der Waals surface area contributed by atoms with E-state index in [-0.39, 0.29) is 28.0 Å². The summed E-state index contributed by atoms with van der Waals surface area (Å²) in [5.41, 5.74) is 0.288. The number of hydrogen-bond donors (Lipinski definition) is 3. The van der Waals surface area contributed by atoms with Gasteiger partial charge in [-0.05, 0) is 12.1 Å². The first-order chi connectivity index (χ1) is 9.49. The van der Waals surface area contributed by atoms with Crippen LogP contribution >= 0.6 is 23.2 Å². The maximum absolute atomic E-state index is 13.4. The van der Waals surface area contributed by atoms with Crippen molar-refractivity contribution >= 4 is 29.1 Å². The van der Waals surface area contributed by atoms with Crippen LogP contribution in [0.2, 0.25) is 10.2 Å². The van der Waals surface area contributed by atoms with Crippen molar-refractivity contribution in [1.82, 2.24) is 10.3 Å². The van der Waals surface area contributed by atoms with E-state index in [9.17, 15) is 14.3 Å². The quantitative estimate of drug-likeness (QED) is 0.812. The fourth-order valence-corrected chi connectivity index (χ4v) is 1.98. The van der Waals surface area contributed by atoms with Gasteiger partial charge in [0.2, 0.25) is 0 Å². The normalized spacial score (nSPS) is 12.2. The van der Waals surface area contributed by atoms with Crippen LogP contribution in [0.1, 0.15) is 22.2 Å². The Morgan fingerprint density at radius 3 is 2.70 bits per heavy atom. The van der Waals surface area contributed by atoms with Gasteiger partial charge >= 0.3 is 0 Å². The number of hydrogen-bond acceptors (Lipinski definition) is 2. The fraction of sp³-hybridized carbons (Fsp3) is 0.154. The molecule has 20 heavy (non-hydrogen) atoms. The van der Waals surface area contributed by atoms with Crippen molar-refractivity contribution in [1.29, 1.82) is 0 Å². The second-order valence-corrected chi connectivity index (χ2v) is 4.88. The Hall–Kier alpha value is -1.56. The monoisotopic (exact) mass is 316 g/mol. The van der Waals surface area contributed by atoms with Gasteiger partial charge in [0.1, 0.15) is 16.7 Å². The molecular weight excluding hydrogens is 306 g/mol. The predicted octanol–water partition coefficient (Wildman–Crippen LogP) is 2.92. The third kappa shape index (κ3) is 3.30. The molecule has 1 unspecified atom stereocenters. The zero-order valence-corrected chi connectivity index (χ0v) is 11.7. The minimum Gasteiger partial charge on any atom is -0.386 e. The molecule has 0 spiro atoms. The lowest BCUT2D eigenvalue weighted by Gasteiger charge is -2.12. The third-order valence-corrected chi connectivity index (χ3v) is 3.38. The molecule has 1 amide bonds. The molecule has 1 heterocycles. The molecule has 106 valence electrons. The number of carbonyl (C=O) groups is 1. The van der Waals surface area contributed by atoms with E-state index in [1.807, 2.05) is 0 Å². The average molecular weight is 317 g/mol. The van der Waals surface area contributed by atoms with Crippen molar-refractivity contribution in [2.24, 2.45) is 0 Å². The van der Waals surface area contributed by atoms with E-state index < -0.39 is 17.8 Å². The first-order valence-corrected chi connectivity index (χ1v) is 6.49. The van der Waals surface area contributed by atoms with Crippen LogP contribution in [0.3, 0.4) is 0 Å². The summed E-state index contributed by atoms with van der Waals surface area (Å²) in [6, 6.07) is 7.19. The van der Waals surface area contributed by atoms with Crippen LogP contribution in [-0.2, 0) is 0 Å². The Morgan fingerprint density at radius 2 is 2.10 bits per heavy atom. The van der Waals surface area contributed by atoms with Crippen LogP contribution in [0, 0.1) is 5.82 Å². The zero-order valence-electron chi connectivity index (χ0n) is 10.2. The molecule has 0 saturated heterocycles. The second kappa shape index (κ2) is 6.26. The van der Waals surface area contributed by atoms with Gasteiger partial charge in [-0.25, -0.2) is 4.39 Å². The van der Waals surface area contributed by atoms with Crippen molar-refractivity contribution in [2.45, 2.75) is 6.10 Å². The zero-order chi connectivity index (χ0) is 14.7. The van der Waals surface area contributed by atoms with Crippen LogP contribution in [0.5, 0.6) is 0 Å². The van der Waals surface area contributed by atoms with Crippen LogP contribution in [0.15, 0.2) is 30.3 Å². The van der Waals surface area contributed by atoms with Gasteiger partial charge in [0.05, 0.1) is 11.1 Å². The van der Waals surface area contributed by atoms with E-state index in [0.29, 0.717) is 0 Å². The number of aliphatic hydroxyl groups excluding tert-OH is 1. The van der Waals surface area contributed by atoms with Gasteiger partial charge in [0.25, 0.3) is 5.91 Å². The van der Waals surface area contributed by atoms with Crippen LogP contribution in [-0.4, -0.2) is 22.5 Å². The van der Waals surface area contributed by atoms with Gasteiger partial charge in [0, 0.05) is 12.1 Å². The molecule has 1 atom stereocenters. The molecule has 2 aromatic rings. The molecule has 0 saturated carbocycles. The number of halogens is 3. The summed E-state index contributed by atoms with van der Waals surface area (Å²) < 4.78 is 13.4. The molecule has 0 radical (unpaired) electrons. The van der Waals surface area contributed by atoms with Crippen LogP contribution in [0.4, 0.5) is 4.39 Å². The molecule has 0 bridgehead atoms. The molecular formula is C13H11Cl2FN2O2. The molecule has 0 aliphatic carbocycles. The number of benzene rings is 1. The predicted molar refractivity (Wildman–Crippen MR) is 74.5 cm³/mol. The number of aliphatic hydroxyl groups is 1. The number of amides is 1. The van der Waals surface area contributed by atoms with E-state index in [4.69, 9.17) is 23.2 Å². The standard InChI is InChI=1S/C13H11Cl2FN2O2/c14-8-5-10(18-12(8)15)13(20)17-6-11(19)7-3-1-2-4-9(7)16/h1-5,11,18-19H,6H2,(H,17,20). The molecule has 0 fully saturated rings. The van der Waals surface area contributed by atoms with E-state index >= 15 is 0 Å². The first kappa shape index (κ1) is 14.8. The lowest BCUT2D eigenvalue weighted by molar-refractivity contribution is 0.0910. The van der Waals surface area contributed by atoms with E-state index in [0.717, 1.165) is 0 Å². The Morgan fingerprint density at radius 1 is 1.40 bits per heavy atom. The number of carbonyl (C=O) groups excluding carboxylic acids is 1. The summed E-state index contributed by atoms with van der Waals surface area (Å²) in [6.45, 7) is -0.131. The van der Waals surface area contributed by atoms with Crippen molar-refractivity contribution in [3.8, 4) is 0 Å². The van der Waals surface area contributed by atoms with Crippen molar-refractivity contribution < 1.29 is 14.3 Å². The summed E-state index contributed by atoms with van der Waals surface area (Å²) in [4.78, 5) is 14.4. The number of aromatic amines is 1. The second-order valence-electron chi connectivity index (χ2n) is 4.09. The maximum Gasteiger partial charge on any atom is 0.267 e. The van der Waals surface area contributed by atoms with Crippen LogP contribution in [0.25, 0.3) is 0 Å². The fourth-order valence-electron chi connectivity index (χ4n) is 1.67. The van der Waals surface area contributed by atoms with E-state index in [1.54, 1.807) is 6.07 Å². The van der Waals surface area contributed by atoms with Crippen molar-refractivity contribution in [2.75, 3.05) is 6.54 Å². The number of nitrogens with one attached hydrogen (secondary N) is 2. The number of H-pyrrole nitrogens is 1. The van der Waals surface area contributed by atoms with Gasteiger partial charge < -0.3 is 15.4 Å². The highest BCUT2D eigenvalue weighted by Crippen LogP contribution is 2.22. The molecule has 4 nitrogen and oxygen atoms in total. The van der Waals surface area contributed by atoms with E-state index in [1.165, 1.54) is 24.3 Å². The largest absolute Gasteiger partial charge is 0.386 e. The Balaban J connectivity index is 1.98. The number of rotatable bonds is 4. The first-order valence-electron chi connectivity index (χ1n) is 5.73. The molecule has 7 heteroatoms. The lowest BCUT2D eigenvalue weighted by atomic mass is 10.1. The van der Waals surface area contributed by atoms with Gasteiger partial charge in [-0.3, -0.25) is 4.79 Å². The lowest BCUT2D eigenvalue weighted by Crippen LogP contribution is -2.28. The summed E-state index contributed by atoms with van der Waals surface area (Å²) in [7, 11) is 0. The molecule has 1 aromatic carbocycles. The average Bonchev–Trinajstić information content (AvgIpc) is 2.76. The summed E-state index contributed by atoms with van der Waals surface area (Å²) in [6.07, 6.45) is -1.14. The molecule has 0 aliphatic rings. The van der Waals surface area contributed by atoms with E-state index in [2.05, 4.69) is 10.3 Å². The summed E-state index contributed by atoms with van der Waals surface area (Å²) in [5, 5.41) is 12.7. The SMILES string of the molecule is O=C(NCC(O)c1ccccc1F)c1cc(Cl)c(Cl)[nH]1. The Kier molecular flexibility index (Phi) is 4.65. The molecule has 3 N–H and O–H groups in total. The third-order valence-electron chi connectivity index (χ3n) is 2.69. The van der Waals surface area contributed by atoms with Crippen molar-refractivity contribution in [3.05, 3.63) is 57.6 Å². The molecule has 1 aromatic heterocycles. The molecule has 0 aliphatic heterocycles. The Labute approximate surface area is 124 Å². The number of aromatic nitrogens is 1. The molecule has 2 rings (SSSR count). The Bertz CT molecular complexity index is 611. The van der Waals surface area contributed by atoms with Gasteiger partial charge in [0.15, 0.2) is 0 Å².